The van der Waals surface area contributed by atoms with Gasteiger partial charge in [-0.25, -0.2) is 0 Å². The van der Waals surface area contributed by atoms with Crippen molar-refractivity contribution in [3.63, 3.8) is 0 Å². The second-order valence-corrected chi connectivity index (χ2v) is 5.54. The largest absolute Gasteiger partial charge is 0.493 e. The minimum Gasteiger partial charge on any atom is -0.493 e. The van der Waals surface area contributed by atoms with Crippen LogP contribution in [0.4, 0.5) is 0 Å². The van der Waals surface area contributed by atoms with Gasteiger partial charge in [0.05, 0.1) is 12.7 Å². The molecule has 0 aromatic heterocycles. The molecule has 27 heavy (non-hydrogen) atoms. The molecule has 142 valence electrons. The molecule has 0 spiro atoms. The van der Waals surface area contributed by atoms with Gasteiger partial charge in [0.15, 0.2) is 18.1 Å². The summed E-state index contributed by atoms with van der Waals surface area (Å²) in [5.41, 5.74) is 5.94. The summed E-state index contributed by atoms with van der Waals surface area (Å²) in [4.78, 5) is 24.2. The molecule has 0 aliphatic rings. The highest BCUT2D eigenvalue weighted by atomic mass is 16.5. The molecule has 0 atom stereocenters. The van der Waals surface area contributed by atoms with Crippen molar-refractivity contribution in [3.8, 4) is 17.2 Å². The number of hydrogen-bond acceptors (Lipinski definition) is 5. The minimum absolute atomic E-state index is 0.267. The molecule has 0 aliphatic heterocycles. The Kier molecular flexibility index (Phi) is 7.25. The van der Waals surface area contributed by atoms with E-state index < -0.39 is 11.8 Å². The number of methoxy groups -OCH3 is 1. The Morgan fingerprint density at radius 2 is 1.81 bits per heavy atom. The molecule has 2 rings (SSSR count). The van der Waals surface area contributed by atoms with Gasteiger partial charge in [-0.2, -0.15) is 0 Å². The van der Waals surface area contributed by atoms with Crippen LogP contribution in [0.1, 0.15) is 15.9 Å². The van der Waals surface area contributed by atoms with E-state index in [-0.39, 0.29) is 13.2 Å². The number of carbonyl (C=O) groups is 2. The average molecular weight is 370 g/mol. The number of carbonyl (C=O) groups excluding carboxylic acids is 2. The number of hydrogen-bond donors (Lipinski definition) is 2. The van der Waals surface area contributed by atoms with Crippen molar-refractivity contribution in [1.82, 2.24) is 10.9 Å². The second-order valence-electron chi connectivity index (χ2n) is 5.54. The van der Waals surface area contributed by atoms with Crippen molar-refractivity contribution in [3.05, 3.63) is 66.2 Å². The van der Waals surface area contributed by atoms with E-state index in [4.69, 9.17) is 14.2 Å². The first kappa shape index (κ1) is 19.8. The molecular formula is C20H22N2O5. The summed E-state index contributed by atoms with van der Waals surface area (Å²) in [6.45, 7) is 5.47. The molecule has 0 unspecified atom stereocenters. The average Bonchev–Trinajstić information content (AvgIpc) is 2.69. The van der Waals surface area contributed by atoms with E-state index in [1.165, 1.54) is 7.11 Å². The molecule has 0 aliphatic carbocycles. The minimum atomic E-state index is -0.518. The van der Waals surface area contributed by atoms with E-state index in [1.54, 1.807) is 42.5 Å². The second kappa shape index (κ2) is 9.86. The van der Waals surface area contributed by atoms with Gasteiger partial charge in [-0.3, -0.25) is 20.4 Å². The van der Waals surface area contributed by atoms with Crippen molar-refractivity contribution < 1.29 is 23.8 Å². The van der Waals surface area contributed by atoms with Crippen molar-refractivity contribution in [2.45, 2.75) is 6.92 Å². The molecule has 0 heterocycles. The molecule has 7 nitrogen and oxygen atoms in total. The summed E-state index contributed by atoms with van der Waals surface area (Å²) in [5.74, 6) is 0.337. The molecule has 7 heteroatoms. The lowest BCUT2D eigenvalue weighted by Crippen LogP contribution is -2.43. The monoisotopic (exact) mass is 370 g/mol. The fourth-order valence-electron chi connectivity index (χ4n) is 2.20. The molecular weight excluding hydrogens is 348 g/mol. The predicted molar refractivity (Wildman–Crippen MR) is 101 cm³/mol. The third-order valence-corrected chi connectivity index (χ3v) is 3.48. The van der Waals surface area contributed by atoms with Crippen LogP contribution < -0.4 is 25.1 Å². The summed E-state index contributed by atoms with van der Waals surface area (Å²) >= 11 is 0. The van der Waals surface area contributed by atoms with Gasteiger partial charge < -0.3 is 14.2 Å². The molecule has 0 saturated carbocycles. The summed E-state index contributed by atoms with van der Waals surface area (Å²) < 4.78 is 16.1. The van der Waals surface area contributed by atoms with Gasteiger partial charge in [0.25, 0.3) is 11.8 Å². The first-order valence-electron chi connectivity index (χ1n) is 8.24. The lowest BCUT2D eigenvalue weighted by atomic mass is 10.2. The standard InChI is InChI=1S/C20H22N2O5/c1-4-11-26-16-8-6-5-7-15(16)20(24)22-21-19(23)13-27-17-10-9-14(2)12-18(17)25-3/h4-10,12H,1,11,13H2,2-3H3,(H,21,23)(H,22,24). The maximum atomic E-state index is 12.3. The molecule has 0 bridgehead atoms. The maximum absolute atomic E-state index is 12.3. The van der Waals surface area contributed by atoms with Gasteiger partial charge in [-0.1, -0.05) is 30.9 Å². The quantitative estimate of drug-likeness (QED) is 0.551. The summed E-state index contributed by atoms with van der Waals surface area (Å²) in [6, 6.07) is 12.1. The summed E-state index contributed by atoms with van der Waals surface area (Å²) in [5, 5.41) is 0. The first-order valence-corrected chi connectivity index (χ1v) is 8.24. The molecule has 2 amide bonds. The van der Waals surface area contributed by atoms with Crippen LogP contribution in [-0.4, -0.2) is 32.1 Å². The van der Waals surface area contributed by atoms with Crippen LogP contribution >= 0.6 is 0 Å². The highest BCUT2D eigenvalue weighted by Crippen LogP contribution is 2.27. The maximum Gasteiger partial charge on any atom is 0.276 e. The Morgan fingerprint density at radius 3 is 2.56 bits per heavy atom. The number of amides is 2. The van der Waals surface area contributed by atoms with Crippen LogP contribution in [0.2, 0.25) is 0 Å². The van der Waals surface area contributed by atoms with E-state index in [0.717, 1.165) is 5.56 Å². The van der Waals surface area contributed by atoms with Crippen LogP contribution in [-0.2, 0) is 4.79 Å². The number of aryl methyl sites for hydroxylation is 1. The number of benzene rings is 2. The van der Waals surface area contributed by atoms with E-state index in [0.29, 0.717) is 22.8 Å². The van der Waals surface area contributed by atoms with E-state index in [9.17, 15) is 9.59 Å². The number of hydrazine groups is 1. The number of nitrogens with one attached hydrogen (secondary N) is 2. The third-order valence-electron chi connectivity index (χ3n) is 3.48. The van der Waals surface area contributed by atoms with Gasteiger partial charge in [-0.05, 0) is 36.8 Å². The Labute approximate surface area is 157 Å². The SMILES string of the molecule is C=CCOc1ccccc1C(=O)NNC(=O)COc1ccc(C)cc1OC. The predicted octanol–water partition coefficient (Wildman–Crippen LogP) is 2.41. The van der Waals surface area contributed by atoms with Crippen molar-refractivity contribution in [2.75, 3.05) is 20.3 Å². The first-order chi connectivity index (χ1) is 13.0. The van der Waals surface area contributed by atoms with Gasteiger partial charge >= 0.3 is 0 Å². The van der Waals surface area contributed by atoms with Crippen molar-refractivity contribution >= 4 is 11.8 Å². The van der Waals surface area contributed by atoms with Crippen LogP contribution in [0.5, 0.6) is 17.2 Å². The van der Waals surface area contributed by atoms with Crippen molar-refractivity contribution in [2.24, 2.45) is 0 Å². The summed E-state index contributed by atoms with van der Waals surface area (Å²) in [7, 11) is 1.52. The molecule has 2 N–H and O–H groups in total. The van der Waals surface area contributed by atoms with Crippen LogP contribution in [0.15, 0.2) is 55.1 Å². The highest BCUT2D eigenvalue weighted by molar-refractivity contribution is 5.97. The smallest absolute Gasteiger partial charge is 0.276 e. The van der Waals surface area contributed by atoms with Gasteiger partial charge in [0, 0.05) is 0 Å². The number of rotatable bonds is 8. The lowest BCUT2D eigenvalue weighted by Gasteiger charge is -2.13. The molecule has 0 radical (unpaired) electrons. The van der Waals surface area contributed by atoms with Crippen LogP contribution in [0, 0.1) is 6.92 Å². The van der Waals surface area contributed by atoms with Gasteiger partial charge in [0.1, 0.15) is 12.4 Å². The summed E-state index contributed by atoms with van der Waals surface area (Å²) in [6.07, 6.45) is 1.58. The van der Waals surface area contributed by atoms with E-state index in [2.05, 4.69) is 17.4 Å². The zero-order valence-electron chi connectivity index (χ0n) is 15.3. The fourth-order valence-corrected chi connectivity index (χ4v) is 2.20. The Balaban J connectivity index is 1.89. The Morgan fingerprint density at radius 1 is 1.04 bits per heavy atom. The topological polar surface area (TPSA) is 85.9 Å². The highest BCUT2D eigenvalue weighted by Gasteiger charge is 2.13. The van der Waals surface area contributed by atoms with Gasteiger partial charge in [-0.15, -0.1) is 0 Å². The normalized spacial score (nSPS) is 9.85. The zero-order chi connectivity index (χ0) is 19.6. The zero-order valence-corrected chi connectivity index (χ0v) is 15.3. The number of ether oxygens (including phenoxy) is 3. The molecule has 2 aromatic rings. The van der Waals surface area contributed by atoms with Crippen LogP contribution in [0.25, 0.3) is 0 Å². The third kappa shape index (κ3) is 5.78. The molecule has 0 fully saturated rings. The number of para-hydroxylation sites is 1. The molecule has 0 saturated heterocycles. The fraction of sp³-hybridized carbons (Fsp3) is 0.200. The van der Waals surface area contributed by atoms with Gasteiger partial charge in [0.2, 0.25) is 0 Å². The lowest BCUT2D eigenvalue weighted by molar-refractivity contribution is -0.123. The molecule has 2 aromatic carbocycles. The Hall–Kier alpha value is -3.48. The van der Waals surface area contributed by atoms with Crippen molar-refractivity contribution in [1.29, 1.82) is 0 Å². The van der Waals surface area contributed by atoms with Crippen LogP contribution in [0.3, 0.4) is 0 Å². The van der Waals surface area contributed by atoms with E-state index in [1.807, 2.05) is 13.0 Å². The van der Waals surface area contributed by atoms with E-state index >= 15 is 0 Å². The Bertz CT molecular complexity index is 820.